The van der Waals surface area contributed by atoms with Crippen molar-refractivity contribution in [1.82, 2.24) is 5.32 Å². The lowest BCUT2D eigenvalue weighted by Crippen LogP contribution is -2.15. The molecule has 1 aliphatic rings. The maximum Gasteiger partial charge on any atom is 0.0529 e. The molecule has 0 amide bonds. The second-order valence-corrected chi connectivity index (χ2v) is 5.09. The van der Waals surface area contributed by atoms with Gasteiger partial charge in [0.1, 0.15) is 0 Å². The van der Waals surface area contributed by atoms with E-state index in [4.69, 9.17) is 6.42 Å². The molecule has 2 aromatic rings. The van der Waals surface area contributed by atoms with Crippen molar-refractivity contribution >= 4 is 5.69 Å². The van der Waals surface area contributed by atoms with E-state index in [1.54, 1.807) is 0 Å². The fourth-order valence-electron chi connectivity index (χ4n) is 2.71. The van der Waals surface area contributed by atoms with Crippen LogP contribution in [0.3, 0.4) is 0 Å². The van der Waals surface area contributed by atoms with E-state index in [-0.39, 0.29) is 0 Å². The first-order chi connectivity index (χ1) is 9.86. The number of fused-ring (bicyclic) bond motifs is 1. The lowest BCUT2D eigenvalue weighted by atomic mass is 9.99. The van der Waals surface area contributed by atoms with E-state index < -0.39 is 0 Å². The highest BCUT2D eigenvalue weighted by Gasteiger charge is 2.17. The molecule has 1 unspecified atom stereocenters. The molecule has 1 heterocycles. The van der Waals surface area contributed by atoms with Gasteiger partial charge in [-0.1, -0.05) is 36.3 Å². The summed E-state index contributed by atoms with van der Waals surface area (Å²) in [5.41, 5.74) is 4.75. The summed E-state index contributed by atoms with van der Waals surface area (Å²) in [6, 6.07) is 17.0. The molecule has 100 valence electrons. The minimum Gasteiger partial charge on any atom is -0.378 e. The molecule has 0 radical (unpaired) electrons. The van der Waals surface area contributed by atoms with Crippen LogP contribution in [0, 0.1) is 12.3 Å². The molecule has 2 aromatic carbocycles. The molecule has 0 aromatic heterocycles. The average Bonchev–Trinajstić information content (AvgIpc) is 2.70. The lowest BCUT2D eigenvalue weighted by molar-refractivity contribution is 0.637. The van der Waals surface area contributed by atoms with Crippen molar-refractivity contribution in [2.45, 2.75) is 19.0 Å². The van der Waals surface area contributed by atoms with Crippen LogP contribution < -0.4 is 10.6 Å². The predicted molar refractivity (Wildman–Crippen MR) is 83.5 cm³/mol. The summed E-state index contributed by atoms with van der Waals surface area (Å²) in [4.78, 5) is 0. The molecular formula is C18H18N2. The van der Waals surface area contributed by atoms with E-state index in [0.29, 0.717) is 6.04 Å². The summed E-state index contributed by atoms with van der Waals surface area (Å²) in [6.45, 7) is 1.96. The van der Waals surface area contributed by atoms with Crippen molar-refractivity contribution in [2.75, 3.05) is 11.9 Å². The molecule has 2 nitrogen and oxygen atoms in total. The lowest BCUT2D eigenvalue weighted by Gasteiger charge is -2.20. The zero-order valence-electron chi connectivity index (χ0n) is 11.4. The molecule has 0 aliphatic carbocycles. The normalized spacial score (nSPS) is 17.6. The van der Waals surface area contributed by atoms with E-state index in [1.807, 2.05) is 18.2 Å². The average molecular weight is 262 g/mol. The summed E-state index contributed by atoms with van der Waals surface area (Å²) < 4.78 is 0. The van der Waals surface area contributed by atoms with Crippen LogP contribution in [0.1, 0.15) is 29.2 Å². The second-order valence-electron chi connectivity index (χ2n) is 5.09. The molecule has 0 saturated carbocycles. The Morgan fingerprint density at radius 2 is 2.05 bits per heavy atom. The first kappa shape index (κ1) is 12.8. The van der Waals surface area contributed by atoms with Gasteiger partial charge in [-0.2, -0.15) is 0 Å². The van der Waals surface area contributed by atoms with E-state index in [2.05, 4.69) is 46.9 Å². The van der Waals surface area contributed by atoms with Crippen LogP contribution in [0.25, 0.3) is 0 Å². The molecule has 0 bridgehead atoms. The predicted octanol–water partition coefficient (Wildman–Crippen LogP) is 3.31. The third-order valence-electron chi connectivity index (χ3n) is 3.73. The fraction of sp³-hybridized carbons (Fsp3) is 0.222. The first-order valence-corrected chi connectivity index (χ1v) is 6.98. The van der Waals surface area contributed by atoms with Gasteiger partial charge in [0.05, 0.1) is 6.04 Å². The topological polar surface area (TPSA) is 24.1 Å². The molecule has 2 N–H and O–H groups in total. The highest BCUT2D eigenvalue weighted by Crippen LogP contribution is 2.27. The van der Waals surface area contributed by atoms with Crippen LogP contribution in [-0.4, -0.2) is 6.54 Å². The quantitative estimate of drug-likeness (QED) is 0.811. The van der Waals surface area contributed by atoms with Gasteiger partial charge in [-0.3, -0.25) is 0 Å². The molecule has 1 atom stereocenters. The van der Waals surface area contributed by atoms with Gasteiger partial charge in [-0.05, 0) is 42.3 Å². The molecule has 0 fully saturated rings. The van der Waals surface area contributed by atoms with E-state index in [9.17, 15) is 0 Å². The van der Waals surface area contributed by atoms with Gasteiger partial charge in [-0.15, -0.1) is 6.42 Å². The Kier molecular flexibility index (Phi) is 3.71. The van der Waals surface area contributed by atoms with Crippen LogP contribution in [0.2, 0.25) is 0 Å². The van der Waals surface area contributed by atoms with Crippen LogP contribution in [0.15, 0.2) is 48.5 Å². The summed E-state index contributed by atoms with van der Waals surface area (Å²) in [7, 11) is 0. The highest BCUT2D eigenvalue weighted by molar-refractivity contribution is 5.52. The fourth-order valence-corrected chi connectivity index (χ4v) is 2.71. The van der Waals surface area contributed by atoms with E-state index >= 15 is 0 Å². The smallest absolute Gasteiger partial charge is 0.0529 e. The van der Waals surface area contributed by atoms with Gasteiger partial charge in [0, 0.05) is 17.8 Å². The number of hydrogen-bond acceptors (Lipinski definition) is 2. The molecule has 20 heavy (non-hydrogen) atoms. The van der Waals surface area contributed by atoms with Crippen LogP contribution in [-0.2, 0) is 6.54 Å². The van der Waals surface area contributed by atoms with Gasteiger partial charge in [0.2, 0.25) is 0 Å². The molecule has 0 spiro atoms. The number of rotatable bonds is 2. The van der Waals surface area contributed by atoms with Gasteiger partial charge in [-0.25, -0.2) is 0 Å². The maximum atomic E-state index is 5.47. The Bertz CT molecular complexity index is 640. The Morgan fingerprint density at radius 3 is 2.95 bits per heavy atom. The number of hydrogen-bond donors (Lipinski definition) is 2. The number of benzene rings is 2. The summed E-state index contributed by atoms with van der Waals surface area (Å²) in [5.74, 6) is 2.68. The van der Waals surface area contributed by atoms with Crippen molar-refractivity contribution in [2.24, 2.45) is 0 Å². The van der Waals surface area contributed by atoms with Crippen molar-refractivity contribution in [3.63, 3.8) is 0 Å². The summed E-state index contributed by atoms with van der Waals surface area (Å²) in [5, 5.41) is 7.09. The minimum absolute atomic E-state index is 0.328. The van der Waals surface area contributed by atoms with Crippen molar-refractivity contribution in [1.29, 1.82) is 0 Å². The van der Waals surface area contributed by atoms with Gasteiger partial charge in [0.25, 0.3) is 0 Å². The van der Waals surface area contributed by atoms with Crippen molar-refractivity contribution in [3.05, 3.63) is 65.2 Å². The second kappa shape index (κ2) is 5.81. The Labute approximate surface area is 120 Å². The van der Waals surface area contributed by atoms with Gasteiger partial charge in [0.15, 0.2) is 0 Å². The Balaban J connectivity index is 1.88. The summed E-state index contributed by atoms with van der Waals surface area (Å²) in [6.07, 6.45) is 6.53. The van der Waals surface area contributed by atoms with Crippen molar-refractivity contribution < 1.29 is 0 Å². The van der Waals surface area contributed by atoms with Crippen LogP contribution >= 0.6 is 0 Å². The number of terminal acetylenes is 1. The van der Waals surface area contributed by atoms with E-state index in [1.165, 1.54) is 11.1 Å². The first-order valence-electron chi connectivity index (χ1n) is 6.98. The Morgan fingerprint density at radius 1 is 1.15 bits per heavy atom. The van der Waals surface area contributed by atoms with Crippen molar-refractivity contribution in [3.8, 4) is 12.3 Å². The van der Waals surface area contributed by atoms with Gasteiger partial charge < -0.3 is 10.6 Å². The largest absolute Gasteiger partial charge is 0.378 e. The number of anilines is 1. The van der Waals surface area contributed by atoms with Crippen LogP contribution in [0.4, 0.5) is 5.69 Å². The molecule has 3 rings (SSSR count). The zero-order chi connectivity index (χ0) is 13.8. The minimum atomic E-state index is 0.328. The SMILES string of the molecule is C#Cc1cccc(NC2CCNCc3ccccc32)c1. The highest BCUT2D eigenvalue weighted by atomic mass is 14.9. The van der Waals surface area contributed by atoms with Crippen LogP contribution in [0.5, 0.6) is 0 Å². The Hall–Kier alpha value is -2.24. The molecule has 2 heteroatoms. The van der Waals surface area contributed by atoms with E-state index in [0.717, 1.165) is 30.8 Å². The standard InChI is InChI=1S/C18H18N2/c1-2-14-6-5-8-16(12-14)20-18-10-11-19-13-15-7-3-4-9-17(15)18/h1,3-9,12,18-20H,10-11,13H2. The molecule has 1 aliphatic heterocycles. The third kappa shape index (κ3) is 2.68. The molecular weight excluding hydrogens is 244 g/mol. The van der Waals surface area contributed by atoms with Gasteiger partial charge >= 0.3 is 0 Å². The monoisotopic (exact) mass is 262 g/mol. The third-order valence-corrected chi connectivity index (χ3v) is 3.73. The maximum absolute atomic E-state index is 5.47. The number of nitrogens with one attached hydrogen (secondary N) is 2. The molecule has 0 saturated heterocycles. The summed E-state index contributed by atoms with van der Waals surface area (Å²) >= 11 is 0. The zero-order valence-corrected chi connectivity index (χ0v) is 11.4.